The molecule has 18 heavy (non-hydrogen) atoms. The molecule has 1 saturated heterocycles. The molecular weight excluding hydrogens is 224 g/mol. The molecule has 1 aromatic heterocycles. The van der Waals surface area contributed by atoms with Crippen LogP contribution < -0.4 is 0 Å². The molecule has 0 saturated carbocycles. The molecule has 1 aliphatic heterocycles. The second-order valence-electron chi connectivity index (χ2n) is 5.57. The van der Waals surface area contributed by atoms with Crippen molar-refractivity contribution >= 4 is 0 Å². The molecule has 2 heterocycles. The van der Waals surface area contributed by atoms with Gasteiger partial charge in [0, 0.05) is 12.5 Å². The summed E-state index contributed by atoms with van der Waals surface area (Å²) in [7, 11) is 4.41. The minimum atomic E-state index is 0.778. The number of furan rings is 1. The molecular formula is C15H26N2O. The summed E-state index contributed by atoms with van der Waals surface area (Å²) in [6, 6.07) is 4.83. The molecule has 0 bridgehead atoms. The van der Waals surface area contributed by atoms with Crippen LogP contribution in [-0.2, 0) is 6.42 Å². The van der Waals surface area contributed by atoms with Crippen molar-refractivity contribution in [2.24, 2.45) is 0 Å². The lowest BCUT2D eigenvalue weighted by Crippen LogP contribution is -2.30. The van der Waals surface area contributed by atoms with Gasteiger partial charge >= 0.3 is 0 Å². The Morgan fingerprint density at radius 1 is 1.33 bits per heavy atom. The number of likely N-dealkylation sites (tertiary alicyclic amines) is 1. The molecule has 0 aliphatic carbocycles. The highest BCUT2D eigenvalue weighted by Crippen LogP contribution is 2.15. The van der Waals surface area contributed by atoms with Gasteiger partial charge in [-0.1, -0.05) is 0 Å². The Morgan fingerprint density at radius 2 is 2.22 bits per heavy atom. The van der Waals surface area contributed by atoms with Gasteiger partial charge in [-0.25, -0.2) is 0 Å². The molecule has 0 unspecified atom stereocenters. The zero-order valence-corrected chi connectivity index (χ0v) is 11.8. The number of hydrogen-bond acceptors (Lipinski definition) is 3. The number of hydrogen-bond donors (Lipinski definition) is 0. The lowest BCUT2D eigenvalue weighted by molar-refractivity contribution is 0.247. The molecule has 3 heteroatoms. The highest BCUT2D eigenvalue weighted by molar-refractivity contribution is 4.97. The Hall–Kier alpha value is -0.800. The third kappa shape index (κ3) is 4.14. The van der Waals surface area contributed by atoms with E-state index in [1.54, 1.807) is 6.26 Å². The second-order valence-corrected chi connectivity index (χ2v) is 5.57. The Labute approximate surface area is 111 Å². The highest BCUT2D eigenvalue weighted by atomic mass is 16.3. The fourth-order valence-electron chi connectivity index (χ4n) is 2.81. The van der Waals surface area contributed by atoms with Crippen LogP contribution in [0.2, 0.25) is 0 Å². The van der Waals surface area contributed by atoms with Crippen LogP contribution in [0.3, 0.4) is 0 Å². The van der Waals surface area contributed by atoms with E-state index in [1.165, 1.54) is 45.3 Å². The van der Waals surface area contributed by atoms with Crippen LogP contribution in [0.25, 0.3) is 0 Å². The first-order valence-electron chi connectivity index (χ1n) is 7.17. The Kier molecular flexibility index (Phi) is 5.26. The standard InChI is InChI=1S/C15H26N2O/c1-16(2)14-6-3-10-17(12-9-14)11-4-7-15-8-5-13-18-15/h5,8,13-14H,3-4,6-7,9-12H2,1-2H3/t14-/m0/s1. The minimum Gasteiger partial charge on any atom is -0.469 e. The van der Waals surface area contributed by atoms with Gasteiger partial charge in [-0.05, 0) is 71.5 Å². The fraction of sp³-hybridized carbons (Fsp3) is 0.733. The summed E-state index contributed by atoms with van der Waals surface area (Å²) >= 11 is 0. The molecule has 3 nitrogen and oxygen atoms in total. The van der Waals surface area contributed by atoms with E-state index in [-0.39, 0.29) is 0 Å². The van der Waals surface area contributed by atoms with Gasteiger partial charge in [-0.2, -0.15) is 0 Å². The number of rotatable bonds is 5. The number of aryl methyl sites for hydroxylation is 1. The second kappa shape index (κ2) is 6.95. The molecule has 102 valence electrons. The maximum atomic E-state index is 5.37. The average Bonchev–Trinajstić information content (AvgIpc) is 2.73. The van der Waals surface area contributed by atoms with Gasteiger partial charge in [0.15, 0.2) is 0 Å². The van der Waals surface area contributed by atoms with Gasteiger partial charge in [-0.15, -0.1) is 0 Å². The van der Waals surface area contributed by atoms with E-state index in [0.29, 0.717) is 0 Å². The van der Waals surface area contributed by atoms with Crippen molar-refractivity contribution in [3.05, 3.63) is 24.2 Å². The monoisotopic (exact) mass is 250 g/mol. The first kappa shape index (κ1) is 13.6. The molecule has 1 atom stereocenters. The van der Waals surface area contributed by atoms with E-state index in [9.17, 15) is 0 Å². The van der Waals surface area contributed by atoms with Crippen LogP contribution in [0.15, 0.2) is 22.8 Å². The van der Waals surface area contributed by atoms with Crippen LogP contribution in [0, 0.1) is 0 Å². The van der Waals surface area contributed by atoms with Crippen molar-refractivity contribution < 1.29 is 4.42 Å². The van der Waals surface area contributed by atoms with Gasteiger partial charge in [0.2, 0.25) is 0 Å². The lowest BCUT2D eigenvalue weighted by atomic mass is 10.1. The Bertz CT molecular complexity index is 321. The summed E-state index contributed by atoms with van der Waals surface area (Å²) in [6.07, 6.45) is 8.04. The van der Waals surface area contributed by atoms with Crippen molar-refractivity contribution in [1.29, 1.82) is 0 Å². The summed E-state index contributed by atoms with van der Waals surface area (Å²) in [4.78, 5) is 5.00. The molecule has 0 N–H and O–H groups in total. The van der Waals surface area contributed by atoms with Gasteiger partial charge < -0.3 is 14.2 Å². The third-order valence-corrected chi connectivity index (χ3v) is 4.00. The quantitative estimate of drug-likeness (QED) is 0.801. The molecule has 1 fully saturated rings. The van der Waals surface area contributed by atoms with E-state index in [0.717, 1.165) is 18.2 Å². The zero-order valence-electron chi connectivity index (χ0n) is 11.8. The third-order valence-electron chi connectivity index (χ3n) is 4.00. The number of nitrogens with zero attached hydrogens (tertiary/aromatic N) is 2. The summed E-state index contributed by atoms with van der Waals surface area (Å²) in [5.41, 5.74) is 0. The zero-order chi connectivity index (χ0) is 12.8. The summed E-state index contributed by atoms with van der Waals surface area (Å²) < 4.78 is 5.37. The maximum absolute atomic E-state index is 5.37. The molecule has 2 rings (SSSR count). The van der Waals surface area contributed by atoms with Crippen molar-refractivity contribution in [2.45, 2.75) is 38.1 Å². The molecule has 1 aliphatic rings. The molecule has 1 aromatic rings. The van der Waals surface area contributed by atoms with Crippen molar-refractivity contribution in [3.8, 4) is 0 Å². The first-order valence-corrected chi connectivity index (χ1v) is 7.17. The minimum absolute atomic E-state index is 0.778. The normalized spacial score (nSPS) is 22.3. The molecule has 0 spiro atoms. The Balaban J connectivity index is 1.67. The van der Waals surface area contributed by atoms with E-state index >= 15 is 0 Å². The predicted octanol–water partition coefficient (Wildman–Crippen LogP) is 2.63. The van der Waals surface area contributed by atoms with Crippen molar-refractivity contribution in [1.82, 2.24) is 9.80 Å². The van der Waals surface area contributed by atoms with E-state index < -0.39 is 0 Å². The molecule has 0 aromatic carbocycles. The topological polar surface area (TPSA) is 19.6 Å². The SMILES string of the molecule is CN(C)[C@H]1CCCN(CCCc2ccco2)CC1. The van der Waals surface area contributed by atoms with Gasteiger partial charge in [0.1, 0.15) is 5.76 Å². The van der Waals surface area contributed by atoms with E-state index in [4.69, 9.17) is 4.42 Å². The van der Waals surface area contributed by atoms with Gasteiger partial charge in [0.05, 0.1) is 6.26 Å². The van der Waals surface area contributed by atoms with E-state index in [1.807, 2.05) is 6.07 Å². The average molecular weight is 250 g/mol. The van der Waals surface area contributed by atoms with Gasteiger partial charge in [0.25, 0.3) is 0 Å². The van der Waals surface area contributed by atoms with Crippen molar-refractivity contribution in [2.75, 3.05) is 33.7 Å². The lowest BCUT2D eigenvalue weighted by Gasteiger charge is -2.23. The van der Waals surface area contributed by atoms with Crippen LogP contribution in [0.1, 0.15) is 31.4 Å². The fourth-order valence-corrected chi connectivity index (χ4v) is 2.81. The maximum Gasteiger partial charge on any atom is 0.103 e. The van der Waals surface area contributed by atoms with Crippen molar-refractivity contribution in [3.63, 3.8) is 0 Å². The van der Waals surface area contributed by atoms with Crippen LogP contribution in [0.4, 0.5) is 0 Å². The predicted molar refractivity (Wildman–Crippen MR) is 74.8 cm³/mol. The van der Waals surface area contributed by atoms with Gasteiger partial charge in [-0.3, -0.25) is 0 Å². The van der Waals surface area contributed by atoms with Crippen LogP contribution in [-0.4, -0.2) is 49.6 Å². The molecule has 0 amide bonds. The summed E-state index contributed by atoms with van der Waals surface area (Å²) in [5, 5.41) is 0. The smallest absolute Gasteiger partial charge is 0.103 e. The largest absolute Gasteiger partial charge is 0.469 e. The summed E-state index contributed by atoms with van der Waals surface area (Å²) in [6.45, 7) is 3.73. The first-order chi connectivity index (χ1) is 8.75. The molecule has 0 radical (unpaired) electrons. The Morgan fingerprint density at radius 3 is 2.94 bits per heavy atom. The summed E-state index contributed by atoms with van der Waals surface area (Å²) in [5.74, 6) is 1.12. The van der Waals surface area contributed by atoms with E-state index in [2.05, 4.69) is 30.0 Å². The highest BCUT2D eigenvalue weighted by Gasteiger charge is 2.17. The van der Waals surface area contributed by atoms with Crippen LogP contribution in [0.5, 0.6) is 0 Å². The van der Waals surface area contributed by atoms with Crippen LogP contribution >= 0.6 is 0 Å².